The van der Waals surface area contributed by atoms with Crippen molar-refractivity contribution in [2.45, 2.75) is 19.4 Å². The summed E-state index contributed by atoms with van der Waals surface area (Å²) in [6.07, 6.45) is 4.78. The van der Waals surface area contributed by atoms with E-state index in [1.54, 1.807) is 27.4 Å². The van der Waals surface area contributed by atoms with E-state index in [2.05, 4.69) is 16.7 Å². The van der Waals surface area contributed by atoms with Gasteiger partial charge < -0.3 is 23.5 Å². The van der Waals surface area contributed by atoms with E-state index in [9.17, 15) is 4.79 Å². The van der Waals surface area contributed by atoms with Crippen molar-refractivity contribution in [1.29, 1.82) is 0 Å². The first-order valence-electron chi connectivity index (χ1n) is 11.6. The molecular formula is C29H30N2O5. The van der Waals surface area contributed by atoms with Gasteiger partial charge >= 0.3 is 5.97 Å². The number of nitrogens with zero attached hydrogens (tertiary/aromatic N) is 2. The highest BCUT2D eigenvalue weighted by Crippen LogP contribution is 2.38. The molecule has 0 N–H and O–H groups in total. The highest BCUT2D eigenvalue weighted by Gasteiger charge is 2.16. The predicted octanol–water partition coefficient (Wildman–Crippen LogP) is 5.08. The summed E-state index contributed by atoms with van der Waals surface area (Å²) in [5, 5.41) is 0. The number of esters is 1. The van der Waals surface area contributed by atoms with Crippen LogP contribution in [0.2, 0.25) is 0 Å². The van der Waals surface area contributed by atoms with Crippen molar-refractivity contribution in [3.8, 4) is 17.2 Å². The maximum Gasteiger partial charge on any atom is 0.330 e. The lowest BCUT2D eigenvalue weighted by Gasteiger charge is -2.16. The van der Waals surface area contributed by atoms with Gasteiger partial charge in [-0.2, -0.15) is 0 Å². The van der Waals surface area contributed by atoms with Gasteiger partial charge in [-0.15, -0.1) is 0 Å². The third-order valence-corrected chi connectivity index (χ3v) is 6.01. The van der Waals surface area contributed by atoms with Gasteiger partial charge in [0.2, 0.25) is 5.75 Å². The van der Waals surface area contributed by atoms with Crippen LogP contribution in [0.1, 0.15) is 22.5 Å². The molecule has 7 heteroatoms. The number of aromatic nitrogens is 2. The zero-order valence-electron chi connectivity index (χ0n) is 21.0. The lowest BCUT2D eigenvalue weighted by molar-refractivity contribution is -0.134. The lowest BCUT2D eigenvalue weighted by atomic mass is 10.1. The molecule has 0 unspecified atom stereocenters. The van der Waals surface area contributed by atoms with Gasteiger partial charge in [0.05, 0.1) is 39.5 Å². The monoisotopic (exact) mass is 486 g/mol. The fraction of sp³-hybridized carbons (Fsp3) is 0.241. The molecule has 0 aliphatic carbocycles. The molecule has 0 saturated carbocycles. The van der Waals surface area contributed by atoms with Gasteiger partial charge in [0.25, 0.3) is 0 Å². The standard InChI is InChI=1S/C29H30N2O5/c1-33-25-17-22(18-26(34-2)29(25)36-4)19-31-24-13-10-21(12-15-28(32)35-3)16-23(24)30-27(31)14-11-20-8-6-5-7-9-20/h5-10,12-13,15-18H,11,14,19H2,1-4H3. The third kappa shape index (κ3) is 5.51. The molecule has 0 bridgehead atoms. The number of fused-ring (bicyclic) bond motifs is 1. The molecule has 4 aromatic rings. The number of hydrogen-bond acceptors (Lipinski definition) is 6. The molecule has 0 aliphatic heterocycles. The average molecular weight is 487 g/mol. The van der Waals surface area contributed by atoms with Crippen LogP contribution in [0.5, 0.6) is 17.2 Å². The molecule has 0 spiro atoms. The molecule has 36 heavy (non-hydrogen) atoms. The molecular weight excluding hydrogens is 456 g/mol. The summed E-state index contributed by atoms with van der Waals surface area (Å²) in [4.78, 5) is 16.5. The zero-order valence-corrected chi connectivity index (χ0v) is 21.0. The minimum atomic E-state index is -0.397. The topological polar surface area (TPSA) is 71.8 Å². The summed E-state index contributed by atoms with van der Waals surface area (Å²) in [6.45, 7) is 0.578. The number of aryl methyl sites for hydroxylation is 2. The second kappa shape index (κ2) is 11.4. The van der Waals surface area contributed by atoms with E-state index in [1.807, 2.05) is 48.5 Å². The van der Waals surface area contributed by atoms with Crippen molar-refractivity contribution in [2.75, 3.05) is 28.4 Å². The van der Waals surface area contributed by atoms with Crippen molar-refractivity contribution in [3.63, 3.8) is 0 Å². The van der Waals surface area contributed by atoms with Gasteiger partial charge in [-0.1, -0.05) is 36.4 Å². The fourth-order valence-electron chi connectivity index (χ4n) is 4.21. The molecule has 7 nitrogen and oxygen atoms in total. The summed E-state index contributed by atoms with van der Waals surface area (Å²) in [5.74, 6) is 2.35. The van der Waals surface area contributed by atoms with Crippen LogP contribution in [-0.2, 0) is 28.9 Å². The summed E-state index contributed by atoms with van der Waals surface area (Å²) in [6, 6.07) is 20.3. The second-order valence-electron chi connectivity index (χ2n) is 8.24. The summed E-state index contributed by atoms with van der Waals surface area (Å²) in [5.41, 5.74) is 4.99. The Morgan fingerprint density at radius 1 is 0.861 bits per heavy atom. The molecule has 4 rings (SSSR count). The van der Waals surface area contributed by atoms with Gasteiger partial charge in [0.1, 0.15) is 5.82 Å². The molecule has 0 radical (unpaired) electrons. The fourth-order valence-corrected chi connectivity index (χ4v) is 4.21. The highest BCUT2D eigenvalue weighted by molar-refractivity contribution is 5.88. The Bertz CT molecular complexity index is 1350. The maximum atomic E-state index is 11.5. The molecule has 1 aromatic heterocycles. The van der Waals surface area contributed by atoms with Crippen molar-refractivity contribution in [1.82, 2.24) is 9.55 Å². The maximum absolute atomic E-state index is 11.5. The van der Waals surface area contributed by atoms with E-state index in [-0.39, 0.29) is 0 Å². The van der Waals surface area contributed by atoms with E-state index in [4.69, 9.17) is 23.9 Å². The van der Waals surface area contributed by atoms with Crippen molar-refractivity contribution in [3.05, 3.63) is 89.3 Å². The van der Waals surface area contributed by atoms with Crippen LogP contribution in [0.4, 0.5) is 0 Å². The van der Waals surface area contributed by atoms with Crippen LogP contribution in [0.25, 0.3) is 17.1 Å². The number of hydrogen-bond donors (Lipinski definition) is 0. The smallest absolute Gasteiger partial charge is 0.330 e. The third-order valence-electron chi connectivity index (χ3n) is 6.01. The Morgan fingerprint density at radius 2 is 1.58 bits per heavy atom. The Kier molecular flexibility index (Phi) is 7.90. The molecule has 0 amide bonds. The Balaban J connectivity index is 1.74. The van der Waals surface area contributed by atoms with Gasteiger partial charge in [-0.05, 0) is 53.5 Å². The van der Waals surface area contributed by atoms with Crippen LogP contribution in [0.3, 0.4) is 0 Å². The van der Waals surface area contributed by atoms with E-state index in [0.717, 1.165) is 40.8 Å². The van der Waals surface area contributed by atoms with Crippen LogP contribution in [0, 0.1) is 0 Å². The van der Waals surface area contributed by atoms with E-state index in [0.29, 0.717) is 23.8 Å². The Morgan fingerprint density at radius 3 is 2.22 bits per heavy atom. The van der Waals surface area contributed by atoms with Crippen LogP contribution >= 0.6 is 0 Å². The van der Waals surface area contributed by atoms with E-state index in [1.165, 1.54) is 18.7 Å². The molecule has 0 saturated heterocycles. The SMILES string of the molecule is COC(=O)C=Cc1ccc2c(c1)nc(CCc1ccccc1)n2Cc1cc(OC)c(OC)c(OC)c1. The summed E-state index contributed by atoms with van der Waals surface area (Å²) >= 11 is 0. The van der Waals surface area contributed by atoms with Crippen molar-refractivity contribution < 1.29 is 23.7 Å². The molecule has 0 atom stereocenters. The minimum absolute atomic E-state index is 0.397. The first kappa shape index (κ1) is 24.9. The second-order valence-corrected chi connectivity index (χ2v) is 8.24. The quantitative estimate of drug-likeness (QED) is 0.230. The predicted molar refractivity (Wildman–Crippen MR) is 140 cm³/mol. The van der Waals surface area contributed by atoms with Gasteiger partial charge in [0.15, 0.2) is 11.5 Å². The van der Waals surface area contributed by atoms with Crippen LogP contribution in [-0.4, -0.2) is 44.0 Å². The minimum Gasteiger partial charge on any atom is -0.493 e. The van der Waals surface area contributed by atoms with Gasteiger partial charge in [-0.3, -0.25) is 0 Å². The molecule has 1 heterocycles. The van der Waals surface area contributed by atoms with Gasteiger partial charge in [-0.25, -0.2) is 9.78 Å². The number of carbonyl (C=O) groups excluding carboxylic acids is 1. The number of imidazole rings is 1. The van der Waals surface area contributed by atoms with Crippen molar-refractivity contribution in [2.24, 2.45) is 0 Å². The Hall–Kier alpha value is -4.26. The normalized spacial score (nSPS) is 11.1. The molecule has 186 valence electrons. The average Bonchev–Trinajstić information content (AvgIpc) is 3.26. The first-order chi connectivity index (χ1) is 17.6. The highest BCUT2D eigenvalue weighted by atomic mass is 16.5. The van der Waals surface area contributed by atoms with E-state index < -0.39 is 5.97 Å². The van der Waals surface area contributed by atoms with Gasteiger partial charge in [0, 0.05) is 19.0 Å². The first-order valence-corrected chi connectivity index (χ1v) is 11.6. The lowest BCUT2D eigenvalue weighted by Crippen LogP contribution is -2.07. The Labute approximate surface area is 210 Å². The van der Waals surface area contributed by atoms with Crippen LogP contribution < -0.4 is 14.2 Å². The zero-order chi connectivity index (χ0) is 25.5. The molecule has 0 fully saturated rings. The number of carbonyl (C=O) groups is 1. The van der Waals surface area contributed by atoms with Crippen molar-refractivity contribution >= 4 is 23.1 Å². The number of methoxy groups -OCH3 is 4. The molecule has 3 aromatic carbocycles. The number of benzene rings is 3. The summed E-state index contributed by atoms with van der Waals surface area (Å²) < 4.78 is 23.5. The van der Waals surface area contributed by atoms with E-state index >= 15 is 0 Å². The molecule has 0 aliphatic rings. The summed E-state index contributed by atoms with van der Waals surface area (Å²) in [7, 11) is 6.18. The van der Waals surface area contributed by atoms with Crippen LogP contribution in [0.15, 0.2) is 66.7 Å². The largest absolute Gasteiger partial charge is 0.493 e. The number of rotatable bonds is 10. The number of ether oxygens (including phenoxy) is 4.